The lowest BCUT2D eigenvalue weighted by atomic mass is 9.84. The van der Waals surface area contributed by atoms with Gasteiger partial charge in [-0.05, 0) is 51.4 Å². The van der Waals surface area contributed by atoms with E-state index < -0.39 is 0 Å². The number of rotatable bonds is 4. The van der Waals surface area contributed by atoms with Gasteiger partial charge in [-0.25, -0.2) is 9.98 Å². The van der Waals surface area contributed by atoms with E-state index in [9.17, 15) is 0 Å². The van der Waals surface area contributed by atoms with Crippen LogP contribution in [0.2, 0.25) is 0 Å². The van der Waals surface area contributed by atoms with Crippen LogP contribution in [0, 0.1) is 17.3 Å². The highest BCUT2D eigenvalue weighted by Crippen LogP contribution is 2.36. The van der Waals surface area contributed by atoms with Gasteiger partial charge in [-0.3, -0.25) is 0 Å². The Balaban J connectivity index is 1.44. The molecule has 0 aromatic carbocycles. The van der Waals surface area contributed by atoms with Gasteiger partial charge in [-0.15, -0.1) is 0 Å². The number of ether oxygens (including phenoxy) is 2. The molecular weight excluding hydrogens is 312 g/mol. The fraction of sp³-hybridized carbons (Fsp3) is 0.905. The second-order valence-corrected chi connectivity index (χ2v) is 9.05. The number of aliphatic imine (C=N–C) groups is 2. The van der Waals surface area contributed by atoms with Crippen LogP contribution in [0.15, 0.2) is 9.98 Å². The van der Waals surface area contributed by atoms with Crippen molar-refractivity contribution in [2.45, 2.75) is 90.1 Å². The van der Waals surface area contributed by atoms with Crippen LogP contribution in [0.5, 0.6) is 0 Å². The smallest absolute Gasteiger partial charge is 0.199 e. The Kier molecular flexibility index (Phi) is 5.06. The van der Waals surface area contributed by atoms with Crippen LogP contribution in [0.3, 0.4) is 0 Å². The summed E-state index contributed by atoms with van der Waals surface area (Å²) in [5, 5.41) is 0. The standard InChI is InChI=1S/C21H34N2O2/c1-21(2,19-22-17(13-24-19)15-9-5-3-6-10-15)20-23-18(14-25-20)16-11-7-4-8-12-16/h15-18H,3-14H2,1-2H3/t17-,18-/m0/s1. The molecule has 0 saturated heterocycles. The summed E-state index contributed by atoms with van der Waals surface area (Å²) in [6.45, 7) is 5.83. The summed E-state index contributed by atoms with van der Waals surface area (Å²) in [4.78, 5) is 10.00. The quantitative estimate of drug-likeness (QED) is 0.736. The minimum Gasteiger partial charge on any atom is -0.478 e. The average Bonchev–Trinajstić information content (AvgIpc) is 3.34. The molecule has 0 spiro atoms. The van der Waals surface area contributed by atoms with Gasteiger partial charge >= 0.3 is 0 Å². The normalized spacial score (nSPS) is 32.1. The van der Waals surface area contributed by atoms with Crippen molar-refractivity contribution in [2.75, 3.05) is 13.2 Å². The maximum Gasteiger partial charge on any atom is 0.199 e. The van der Waals surface area contributed by atoms with Gasteiger partial charge in [0.1, 0.15) is 18.6 Å². The molecule has 0 radical (unpaired) electrons. The number of hydrogen-bond donors (Lipinski definition) is 0. The van der Waals surface area contributed by atoms with Crippen molar-refractivity contribution in [3.63, 3.8) is 0 Å². The third-order valence-electron chi connectivity index (χ3n) is 6.81. The predicted octanol–water partition coefficient (Wildman–Crippen LogP) is 4.77. The summed E-state index contributed by atoms with van der Waals surface area (Å²) < 4.78 is 12.1. The Morgan fingerprint density at radius 3 is 1.48 bits per heavy atom. The second-order valence-electron chi connectivity index (χ2n) is 9.05. The van der Waals surface area contributed by atoms with Gasteiger partial charge in [-0.2, -0.15) is 0 Å². The van der Waals surface area contributed by atoms with E-state index in [-0.39, 0.29) is 5.41 Å². The van der Waals surface area contributed by atoms with Crippen molar-refractivity contribution in [3.8, 4) is 0 Å². The molecule has 2 saturated carbocycles. The topological polar surface area (TPSA) is 43.2 Å². The molecule has 4 heteroatoms. The summed E-state index contributed by atoms with van der Waals surface area (Å²) in [6.07, 6.45) is 13.4. The molecule has 0 unspecified atom stereocenters. The van der Waals surface area contributed by atoms with Crippen LogP contribution >= 0.6 is 0 Å². The van der Waals surface area contributed by atoms with Crippen LogP contribution < -0.4 is 0 Å². The zero-order valence-corrected chi connectivity index (χ0v) is 16.0. The third kappa shape index (κ3) is 3.59. The first-order chi connectivity index (χ1) is 12.1. The molecule has 0 amide bonds. The van der Waals surface area contributed by atoms with E-state index in [0.29, 0.717) is 23.9 Å². The minimum atomic E-state index is -0.327. The number of hydrogen-bond acceptors (Lipinski definition) is 4. The zero-order valence-electron chi connectivity index (χ0n) is 16.0. The van der Waals surface area contributed by atoms with Crippen LogP contribution in [-0.2, 0) is 9.47 Å². The highest BCUT2D eigenvalue weighted by atomic mass is 16.5. The molecule has 4 nitrogen and oxygen atoms in total. The predicted molar refractivity (Wildman–Crippen MR) is 101 cm³/mol. The fourth-order valence-corrected chi connectivity index (χ4v) is 5.07. The summed E-state index contributed by atoms with van der Waals surface area (Å²) in [6, 6.07) is 0.705. The van der Waals surface area contributed by atoms with E-state index in [1.54, 1.807) is 0 Å². The first kappa shape index (κ1) is 17.4. The van der Waals surface area contributed by atoms with E-state index in [2.05, 4.69) is 13.8 Å². The van der Waals surface area contributed by atoms with Gasteiger partial charge in [0.2, 0.25) is 0 Å². The monoisotopic (exact) mass is 346 g/mol. The van der Waals surface area contributed by atoms with Crippen molar-refractivity contribution in [3.05, 3.63) is 0 Å². The Labute approximate surface area is 152 Å². The van der Waals surface area contributed by atoms with Crippen molar-refractivity contribution < 1.29 is 9.47 Å². The largest absolute Gasteiger partial charge is 0.478 e. The molecule has 2 fully saturated rings. The number of nitrogens with zero attached hydrogens (tertiary/aromatic N) is 2. The molecule has 0 aromatic heterocycles. The summed E-state index contributed by atoms with van der Waals surface area (Å²) in [5.74, 6) is 3.13. The summed E-state index contributed by atoms with van der Waals surface area (Å²) in [5.41, 5.74) is -0.327. The molecule has 0 aromatic rings. The van der Waals surface area contributed by atoms with Crippen molar-refractivity contribution in [1.29, 1.82) is 0 Å². The molecule has 0 bridgehead atoms. The summed E-state index contributed by atoms with van der Waals surface area (Å²) in [7, 11) is 0. The van der Waals surface area contributed by atoms with E-state index >= 15 is 0 Å². The Hall–Kier alpha value is -1.06. The van der Waals surface area contributed by atoms with Gasteiger partial charge < -0.3 is 9.47 Å². The maximum atomic E-state index is 6.07. The molecular formula is C21H34N2O2. The van der Waals surface area contributed by atoms with Crippen molar-refractivity contribution in [1.82, 2.24) is 0 Å². The van der Waals surface area contributed by atoms with Gasteiger partial charge in [0.25, 0.3) is 0 Å². The molecule has 140 valence electrons. The maximum absolute atomic E-state index is 6.07. The first-order valence-electron chi connectivity index (χ1n) is 10.6. The lowest BCUT2D eigenvalue weighted by Gasteiger charge is -2.24. The molecule has 2 heterocycles. The van der Waals surface area contributed by atoms with E-state index in [1.807, 2.05) is 0 Å². The lowest BCUT2D eigenvalue weighted by molar-refractivity contribution is 0.219. The third-order valence-corrected chi connectivity index (χ3v) is 6.81. The molecule has 4 aliphatic rings. The van der Waals surface area contributed by atoms with E-state index in [0.717, 1.165) is 25.0 Å². The highest BCUT2D eigenvalue weighted by Gasteiger charge is 2.43. The molecule has 2 aliphatic heterocycles. The van der Waals surface area contributed by atoms with Crippen LogP contribution in [0.1, 0.15) is 78.1 Å². The van der Waals surface area contributed by atoms with Crippen molar-refractivity contribution >= 4 is 11.8 Å². The van der Waals surface area contributed by atoms with Gasteiger partial charge in [0, 0.05) is 0 Å². The minimum absolute atomic E-state index is 0.327. The molecule has 2 atom stereocenters. The Morgan fingerprint density at radius 1 is 0.680 bits per heavy atom. The van der Waals surface area contributed by atoms with Crippen molar-refractivity contribution in [2.24, 2.45) is 27.2 Å². The average molecular weight is 347 g/mol. The Bertz CT molecular complexity index is 482. The lowest BCUT2D eigenvalue weighted by Crippen LogP contribution is -2.34. The van der Waals surface area contributed by atoms with Gasteiger partial charge in [0.05, 0.1) is 12.1 Å². The van der Waals surface area contributed by atoms with Gasteiger partial charge in [-0.1, -0.05) is 38.5 Å². The Morgan fingerprint density at radius 2 is 1.08 bits per heavy atom. The molecule has 4 rings (SSSR count). The van der Waals surface area contributed by atoms with Crippen LogP contribution in [0.4, 0.5) is 0 Å². The van der Waals surface area contributed by atoms with Crippen LogP contribution in [-0.4, -0.2) is 37.1 Å². The fourth-order valence-electron chi connectivity index (χ4n) is 5.07. The summed E-state index contributed by atoms with van der Waals surface area (Å²) >= 11 is 0. The first-order valence-corrected chi connectivity index (χ1v) is 10.6. The van der Waals surface area contributed by atoms with E-state index in [4.69, 9.17) is 19.5 Å². The van der Waals surface area contributed by atoms with E-state index in [1.165, 1.54) is 64.2 Å². The van der Waals surface area contributed by atoms with Crippen LogP contribution in [0.25, 0.3) is 0 Å². The molecule has 25 heavy (non-hydrogen) atoms. The second kappa shape index (κ2) is 7.28. The van der Waals surface area contributed by atoms with Gasteiger partial charge in [0.15, 0.2) is 11.8 Å². The molecule has 2 aliphatic carbocycles. The SMILES string of the molecule is CC(C)(C1=N[C@H](C2CCCCC2)CO1)C1=N[C@H](C2CCCCC2)CO1. The zero-order chi connectivity index (χ0) is 17.3. The molecule has 0 N–H and O–H groups in total. The highest BCUT2D eigenvalue weighted by molar-refractivity contribution is 6.05.